The van der Waals surface area contributed by atoms with E-state index in [1.165, 1.54) is 12.1 Å². The van der Waals surface area contributed by atoms with Crippen molar-refractivity contribution in [1.82, 2.24) is 4.72 Å². The van der Waals surface area contributed by atoms with Crippen LogP contribution in [0.15, 0.2) is 29.2 Å². The summed E-state index contributed by atoms with van der Waals surface area (Å²) in [7, 11) is -3.50. The van der Waals surface area contributed by atoms with Crippen LogP contribution in [-0.2, 0) is 10.0 Å². The summed E-state index contributed by atoms with van der Waals surface area (Å²) in [5, 5.41) is 8.76. The Hall–Kier alpha value is -0.180. The molecule has 15 heavy (non-hydrogen) atoms. The molecule has 0 aromatic heterocycles. The molecule has 0 saturated heterocycles. The van der Waals surface area contributed by atoms with Gasteiger partial charge in [-0.1, -0.05) is 0 Å². The highest BCUT2D eigenvalue weighted by molar-refractivity contribution is 14.1. The van der Waals surface area contributed by atoms with Gasteiger partial charge in [0.05, 0.1) is 11.5 Å². The minimum absolute atomic E-state index is 0.211. The fraction of sp³-hybridized carbons (Fsp3) is 0.333. The smallest absolute Gasteiger partial charge is 0.240 e. The van der Waals surface area contributed by atoms with E-state index in [0.717, 1.165) is 3.57 Å². The number of aliphatic hydroxyl groups excluding tert-OH is 1. The molecule has 0 unspecified atom stereocenters. The van der Waals surface area contributed by atoms with Crippen molar-refractivity contribution in [2.24, 2.45) is 0 Å². The maximum atomic E-state index is 11.7. The average Bonchev–Trinajstić information content (AvgIpc) is 2.17. The Labute approximate surface area is 103 Å². The van der Waals surface area contributed by atoms with E-state index in [2.05, 4.69) is 27.3 Å². The van der Waals surface area contributed by atoms with Crippen LogP contribution in [0.3, 0.4) is 0 Å². The number of rotatable bonds is 4. The van der Waals surface area contributed by atoms with Crippen LogP contribution < -0.4 is 4.72 Å². The van der Waals surface area contributed by atoms with Crippen molar-refractivity contribution in [3.8, 4) is 0 Å². The molecule has 0 radical (unpaired) electrons. The van der Waals surface area contributed by atoms with Gasteiger partial charge in [0.1, 0.15) is 0 Å². The topological polar surface area (TPSA) is 66.4 Å². The zero-order valence-electron chi connectivity index (χ0n) is 8.14. The molecule has 1 atom stereocenters. The van der Waals surface area contributed by atoms with Crippen LogP contribution in [0.1, 0.15) is 6.92 Å². The fourth-order valence-electron chi connectivity index (χ4n) is 0.984. The minimum atomic E-state index is -3.50. The van der Waals surface area contributed by atoms with E-state index >= 15 is 0 Å². The number of benzene rings is 1. The Morgan fingerprint density at radius 3 is 2.40 bits per heavy atom. The summed E-state index contributed by atoms with van der Waals surface area (Å²) < 4.78 is 26.7. The van der Waals surface area contributed by atoms with Crippen LogP contribution in [-0.4, -0.2) is 26.2 Å². The van der Waals surface area contributed by atoms with Gasteiger partial charge in [0.2, 0.25) is 10.0 Å². The third kappa shape index (κ3) is 3.71. The van der Waals surface area contributed by atoms with E-state index in [9.17, 15) is 8.42 Å². The first-order valence-corrected chi connectivity index (χ1v) is 6.90. The lowest BCUT2D eigenvalue weighted by atomic mass is 10.4. The van der Waals surface area contributed by atoms with E-state index < -0.39 is 16.1 Å². The quantitative estimate of drug-likeness (QED) is 0.802. The molecule has 1 aromatic carbocycles. The molecule has 0 aliphatic rings. The third-order valence-electron chi connectivity index (χ3n) is 1.75. The molecule has 0 aliphatic heterocycles. The van der Waals surface area contributed by atoms with Gasteiger partial charge >= 0.3 is 0 Å². The van der Waals surface area contributed by atoms with Gasteiger partial charge in [0, 0.05) is 9.61 Å². The summed E-state index contributed by atoms with van der Waals surface area (Å²) in [5.41, 5.74) is 0. The highest BCUT2D eigenvalue weighted by atomic mass is 127. The summed E-state index contributed by atoms with van der Waals surface area (Å²) in [6.45, 7) is 1.38. The van der Waals surface area contributed by atoms with Crippen LogP contribution in [0.4, 0.5) is 0 Å². The standard InChI is InChI=1S/C9H12INO3S/c1-7(6-12)11-15(13,14)9-4-2-8(10)3-5-9/h2-5,7,11-12H,6H2,1H3/t7-/m1/s1. The van der Waals surface area contributed by atoms with Crippen molar-refractivity contribution < 1.29 is 13.5 Å². The number of sulfonamides is 1. The average molecular weight is 341 g/mol. The van der Waals surface area contributed by atoms with Gasteiger partial charge in [-0.15, -0.1) is 0 Å². The van der Waals surface area contributed by atoms with Crippen LogP contribution in [0.2, 0.25) is 0 Å². The maximum Gasteiger partial charge on any atom is 0.240 e. The Morgan fingerprint density at radius 1 is 1.40 bits per heavy atom. The molecule has 0 aliphatic carbocycles. The van der Waals surface area contributed by atoms with Gasteiger partial charge in [0.25, 0.3) is 0 Å². The molecule has 0 fully saturated rings. The zero-order chi connectivity index (χ0) is 11.5. The van der Waals surface area contributed by atoms with Crippen molar-refractivity contribution in [3.05, 3.63) is 27.8 Å². The van der Waals surface area contributed by atoms with E-state index in [1.807, 2.05) is 0 Å². The SMILES string of the molecule is C[C@H](CO)NS(=O)(=O)c1ccc(I)cc1. The Morgan fingerprint density at radius 2 is 1.93 bits per heavy atom. The van der Waals surface area contributed by atoms with E-state index in [0.29, 0.717) is 0 Å². The predicted octanol–water partition coefficient (Wildman–Crippen LogP) is 0.950. The number of hydrogen-bond acceptors (Lipinski definition) is 3. The molecule has 6 heteroatoms. The summed E-state index contributed by atoms with van der Waals surface area (Å²) in [6, 6.07) is 6.04. The largest absolute Gasteiger partial charge is 0.395 e. The number of aliphatic hydroxyl groups is 1. The molecular formula is C9H12INO3S. The first-order valence-electron chi connectivity index (χ1n) is 4.34. The lowest BCUT2D eigenvalue weighted by Gasteiger charge is -2.11. The maximum absolute atomic E-state index is 11.7. The third-order valence-corrected chi connectivity index (χ3v) is 4.08. The summed E-state index contributed by atoms with van der Waals surface area (Å²) >= 11 is 2.10. The van der Waals surface area contributed by atoms with Gasteiger partial charge in [0.15, 0.2) is 0 Å². The molecule has 0 saturated carbocycles. The number of nitrogens with one attached hydrogen (secondary N) is 1. The zero-order valence-corrected chi connectivity index (χ0v) is 11.1. The molecule has 0 amide bonds. The van der Waals surface area contributed by atoms with Gasteiger partial charge in [-0.2, -0.15) is 0 Å². The van der Waals surface area contributed by atoms with E-state index in [4.69, 9.17) is 5.11 Å². The van der Waals surface area contributed by atoms with Crippen molar-refractivity contribution in [3.63, 3.8) is 0 Å². The van der Waals surface area contributed by atoms with Crippen molar-refractivity contribution >= 4 is 32.6 Å². The van der Waals surface area contributed by atoms with Gasteiger partial charge < -0.3 is 5.11 Å². The highest BCUT2D eigenvalue weighted by Crippen LogP contribution is 2.12. The van der Waals surface area contributed by atoms with Gasteiger partial charge in [-0.25, -0.2) is 13.1 Å². The Balaban J connectivity index is 2.91. The molecule has 0 bridgehead atoms. The molecule has 1 aromatic rings. The Bertz CT molecular complexity index is 415. The van der Waals surface area contributed by atoms with Gasteiger partial charge in [-0.3, -0.25) is 0 Å². The van der Waals surface area contributed by atoms with Crippen molar-refractivity contribution in [2.75, 3.05) is 6.61 Å². The molecular weight excluding hydrogens is 329 g/mol. The van der Waals surface area contributed by atoms with Crippen LogP contribution >= 0.6 is 22.6 Å². The molecule has 0 heterocycles. The van der Waals surface area contributed by atoms with Crippen molar-refractivity contribution in [2.45, 2.75) is 17.9 Å². The molecule has 84 valence electrons. The van der Waals surface area contributed by atoms with Gasteiger partial charge in [-0.05, 0) is 53.8 Å². The first-order chi connectivity index (χ1) is 6.95. The lowest BCUT2D eigenvalue weighted by Crippen LogP contribution is -2.34. The van der Waals surface area contributed by atoms with Crippen molar-refractivity contribution in [1.29, 1.82) is 0 Å². The predicted molar refractivity (Wildman–Crippen MR) is 66.0 cm³/mol. The monoisotopic (exact) mass is 341 g/mol. The number of halogens is 1. The number of hydrogen-bond donors (Lipinski definition) is 2. The minimum Gasteiger partial charge on any atom is -0.395 e. The van der Waals surface area contributed by atoms with E-state index in [1.54, 1.807) is 19.1 Å². The van der Waals surface area contributed by atoms with Crippen LogP contribution in [0.25, 0.3) is 0 Å². The fourth-order valence-corrected chi connectivity index (χ4v) is 2.58. The second kappa shape index (κ2) is 5.24. The highest BCUT2D eigenvalue weighted by Gasteiger charge is 2.16. The first kappa shape index (κ1) is 12.9. The summed E-state index contributed by atoms with van der Waals surface area (Å²) in [6.07, 6.45) is 0. The summed E-state index contributed by atoms with van der Waals surface area (Å²) in [4.78, 5) is 0.211. The molecule has 1 rings (SSSR count). The van der Waals surface area contributed by atoms with Crippen LogP contribution in [0.5, 0.6) is 0 Å². The normalized spacial score (nSPS) is 13.8. The second-order valence-corrected chi connectivity index (χ2v) is 6.12. The lowest BCUT2D eigenvalue weighted by molar-refractivity contribution is 0.265. The molecule has 2 N–H and O–H groups in total. The van der Waals surface area contributed by atoms with Crippen LogP contribution in [0, 0.1) is 3.57 Å². The second-order valence-electron chi connectivity index (χ2n) is 3.16. The van der Waals surface area contributed by atoms with E-state index in [-0.39, 0.29) is 11.5 Å². The Kier molecular flexibility index (Phi) is 4.50. The summed E-state index contributed by atoms with van der Waals surface area (Å²) in [5.74, 6) is 0. The molecule has 0 spiro atoms. The molecule has 4 nitrogen and oxygen atoms in total.